The van der Waals surface area contributed by atoms with Gasteiger partial charge in [0.2, 0.25) is 5.91 Å². The van der Waals surface area contributed by atoms with Gasteiger partial charge in [0.25, 0.3) is 0 Å². The van der Waals surface area contributed by atoms with Gasteiger partial charge in [0.05, 0.1) is 12.0 Å². The first kappa shape index (κ1) is 20.9. The summed E-state index contributed by atoms with van der Waals surface area (Å²) in [7, 11) is 1.55. The summed E-state index contributed by atoms with van der Waals surface area (Å²) in [5, 5.41) is 3.09. The number of hydrogen-bond acceptors (Lipinski definition) is 7. The summed E-state index contributed by atoms with van der Waals surface area (Å²) in [6, 6.07) is 1.46. The number of methoxy groups -OCH3 is 1. The molecule has 0 aromatic carbocycles. The summed E-state index contributed by atoms with van der Waals surface area (Å²) >= 11 is 1.61. The van der Waals surface area contributed by atoms with Gasteiger partial charge in [0, 0.05) is 33.3 Å². The van der Waals surface area contributed by atoms with E-state index in [1.165, 1.54) is 0 Å². The van der Waals surface area contributed by atoms with Crippen molar-refractivity contribution in [1.82, 2.24) is 14.9 Å². The number of anilines is 1. The number of piperazine rings is 1. The van der Waals surface area contributed by atoms with Gasteiger partial charge >= 0.3 is 0 Å². The van der Waals surface area contributed by atoms with Gasteiger partial charge < -0.3 is 20.3 Å². The minimum Gasteiger partial charge on any atom is -0.383 e. The van der Waals surface area contributed by atoms with Crippen molar-refractivity contribution < 1.29 is 9.53 Å². The molecule has 1 saturated heterocycles. The van der Waals surface area contributed by atoms with Gasteiger partial charge in [-0.1, -0.05) is 0 Å². The van der Waals surface area contributed by atoms with Crippen LogP contribution < -0.4 is 10.6 Å². The van der Waals surface area contributed by atoms with Crippen LogP contribution in [0, 0.1) is 0 Å². The zero-order valence-corrected chi connectivity index (χ0v) is 15.7. The number of carbonyl (C=O) groups is 1. The molecular weight excluding hydrogens is 373 g/mol. The van der Waals surface area contributed by atoms with E-state index in [9.17, 15) is 4.79 Å². The maximum atomic E-state index is 12.2. The van der Waals surface area contributed by atoms with E-state index < -0.39 is 6.04 Å². The van der Waals surface area contributed by atoms with E-state index in [-0.39, 0.29) is 37.3 Å². The number of fused-ring (bicyclic) bond motifs is 1. The molecule has 1 amide bonds. The number of nitrogens with zero attached hydrogens (tertiary/aromatic N) is 4. The molecule has 0 aliphatic carbocycles. The highest BCUT2D eigenvalue weighted by molar-refractivity contribution is 7.16. The van der Waals surface area contributed by atoms with Crippen LogP contribution in [0.3, 0.4) is 0 Å². The number of nitrogens with two attached hydrogens (primary N) is 1. The van der Waals surface area contributed by atoms with E-state index in [1.54, 1.807) is 29.7 Å². The molecule has 2 N–H and O–H groups in total. The molecule has 3 heterocycles. The first-order valence-electron chi connectivity index (χ1n) is 7.17. The third-order valence-electron chi connectivity index (χ3n) is 3.80. The molecule has 10 heteroatoms. The maximum absolute atomic E-state index is 12.2. The fourth-order valence-corrected chi connectivity index (χ4v) is 3.38. The van der Waals surface area contributed by atoms with Crippen molar-refractivity contribution in [3.8, 4) is 0 Å². The molecular formula is C14H21Cl2N5O2S. The van der Waals surface area contributed by atoms with Crippen molar-refractivity contribution in [3.05, 3.63) is 17.8 Å². The van der Waals surface area contributed by atoms with Crippen molar-refractivity contribution in [3.63, 3.8) is 0 Å². The van der Waals surface area contributed by atoms with Crippen molar-refractivity contribution in [2.75, 3.05) is 44.8 Å². The SMILES string of the molecule is COCC(N)C(=O)N1CCN(c2ncnc3sccc23)CC1.Cl.Cl. The van der Waals surface area contributed by atoms with Crippen molar-refractivity contribution in [1.29, 1.82) is 0 Å². The van der Waals surface area contributed by atoms with E-state index in [4.69, 9.17) is 10.5 Å². The normalized spacial score (nSPS) is 15.6. The molecule has 1 aliphatic rings. The van der Waals surface area contributed by atoms with Gasteiger partial charge in [0.15, 0.2) is 0 Å². The van der Waals surface area contributed by atoms with Crippen molar-refractivity contribution in [2.24, 2.45) is 5.73 Å². The van der Waals surface area contributed by atoms with Crippen LogP contribution in [0.15, 0.2) is 17.8 Å². The number of aromatic nitrogens is 2. The highest BCUT2D eigenvalue weighted by Crippen LogP contribution is 2.27. The molecule has 1 aliphatic heterocycles. The summed E-state index contributed by atoms with van der Waals surface area (Å²) in [6.45, 7) is 3.03. The number of halogens is 2. The second-order valence-electron chi connectivity index (χ2n) is 5.21. The summed E-state index contributed by atoms with van der Waals surface area (Å²) in [4.78, 5) is 25.8. The number of ether oxygens (including phenoxy) is 1. The Hall–Kier alpha value is -1.19. The second-order valence-corrected chi connectivity index (χ2v) is 6.11. The smallest absolute Gasteiger partial charge is 0.241 e. The largest absolute Gasteiger partial charge is 0.383 e. The Morgan fingerprint density at radius 2 is 2.04 bits per heavy atom. The van der Waals surface area contributed by atoms with Crippen LogP contribution in [0.5, 0.6) is 0 Å². The minimum absolute atomic E-state index is 0. The Morgan fingerprint density at radius 3 is 2.71 bits per heavy atom. The zero-order valence-electron chi connectivity index (χ0n) is 13.3. The lowest BCUT2D eigenvalue weighted by Crippen LogP contribution is -2.54. The van der Waals surface area contributed by atoms with Crippen LogP contribution in [0.25, 0.3) is 10.2 Å². The van der Waals surface area contributed by atoms with Crippen LogP contribution in [0.2, 0.25) is 0 Å². The molecule has 134 valence electrons. The standard InChI is InChI=1S/C14H19N5O2S.2ClH/c1-21-8-11(15)14(20)19-5-3-18(4-6-19)12-10-2-7-22-13(10)17-9-16-12;;/h2,7,9,11H,3-6,8,15H2,1H3;2*1H. The number of amides is 1. The Kier molecular flexibility index (Phi) is 8.11. The quantitative estimate of drug-likeness (QED) is 0.838. The number of carbonyl (C=O) groups excluding carboxylic acids is 1. The van der Waals surface area contributed by atoms with Crippen LogP contribution in [0.1, 0.15) is 0 Å². The number of thiophene rings is 1. The third kappa shape index (κ3) is 4.25. The van der Waals surface area contributed by atoms with Crippen LogP contribution >= 0.6 is 36.2 Å². The number of hydrogen-bond donors (Lipinski definition) is 1. The molecule has 2 aromatic heterocycles. The summed E-state index contributed by atoms with van der Waals surface area (Å²) < 4.78 is 4.95. The van der Waals surface area contributed by atoms with E-state index in [0.717, 1.165) is 29.1 Å². The van der Waals surface area contributed by atoms with E-state index in [0.29, 0.717) is 13.1 Å². The van der Waals surface area contributed by atoms with Gasteiger partial charge in [-0.2, -0.15) is 0 Å². The maximum Gasteiger partial charge on any atom is 0.241 e. The fourth-order valence-electron chi connectivity index (χ4n) is 2.65. The zero-order chi connectivity index (χ0) is 15.5. The average Bonchev–Trinajstić information content (AvgIpc) is 3.03. The Balaban J connectivity index is 0.00000144. The molecule has 7 nitrogen and oxygen atoms in total. The van der Waals surface area contributed by atoms with E-state index in [2.05, 4.69) is 14.9 Å². The molecule has 1 atom stereocenters. The summed E-state index contributed by atoms with van der Waals surface area (Å²) in [5.74, 6) is 0.893. The molecule has 0 bridgehead atoms. The van der Waals surface area contributed by atoms with Crippen molar-refractivity contribution in [2.45, 2.75) is 6.04 Å². The molecule has 0 spiro atoms. The molecule has 1 fully saturated rings. The highest BCUT2D eigenvalue weighted by atomic mass is 35.5. The topological polar surface area (TPSA) is 84.6 Å². The summed E-state index contributed by atoms with van der Waals surface area (Å²) in [5.41, 5.74) is 5.82. The predicted octanol–water partition coefficient (Wildman–Crippen LogP) is 1.16. The number of rotatable bonds is 4. The molecule has 24 heavy (non-hydrogen) atoms. The first-order chi connectivity index (χ1) is 10.7. The average molecular weight is 394 g/mol. The minimum atomic E-state index is -0.584. The lowest BCUT2D eigenvalue weighted by Gasteiger charge is -2.36. The Morgan fingerprint density at radius 1 is 1.33 bits per heavy atom. The van der Waals surface area contributed by atoms with E-state index >= 15 is 0 Å². The van der Waals surface area contributed by atoms with Gasteiger partial charge in [-0.3, -0.25) is 4.79 Å². The van der Waals surface area contributed by atoms with Gasteiger partial charge in [-0.05, 0) is 11.4 Å². The molecule has 3 rings (SSSR count). The fraction of sp³-hybridized carbons (Fsp3) is 0.500. The third-order valence-corrected chi connectivity index (χ3v) is 4.62. The van der Waals surface area contributed by atoms with Gasteiger partial charge in [-0.15, -0.1) is 36.2 Å². The summed E-state index contributed by atoms with van der Waals surface area (Å²) in [6.07, 6.45) is 1.60. The predicted molar refractivity (Wildman–Crippen MR) is 101 cm³/mol. The van der Waals surface area contributed by atoms with Crippen LogP contribution in [-0.2, 0) is 9.53 Å². The lowest BCUT2D eigenvalue weighted by atomic mass is 10.2. The van der Waals surface area contributed by atoms with Gasteiger partial charge in [0.1, 0.15) is 23.0 Å². The van der Waals surface area contributed by atoms with Crippen LogP contribution in [-0.4, -0.2) is 66.7 Å². The van der Waals surface area contributed by atoms with Gasteiger partial charge in [-0.25, -0.2) is 9.97 Å². The lowest BCUT2D eigenvalue weighted by molar-refractivity contribution is -0.134. The van der Waals surface area contributed by atoms with Crippen LogP contribution in [0.4, 0.5) is 5.82 Å². The molecule has 2 aromatic rings. The van der Waals surface area contributed by atoms with Crippen molar-refractivity contribution >= 4 is 58.1 Å². The Bertz CT molecular complexity index is 663. The van der Waals surface area contributed by atoms with E-state index in [1.807, 2.05) is 11.4 Å². The molecule has 1 unspecified atom stereocenters. The molecule has 0 saturated carbocycles. The monoisotopic (exact) mass is 393 g/mol. The molecule has 0 radical (unpaired) electrons. The second kappa shape index (κ2) is 9.33. The first-order valence-corrected chi connectivity index (χ1v) is 8.05. The highest BCUT2D eigenvalue weighted by Gasteiger charge is 2.26. The Labute approximate surface area is 157 Å².